The molecule has 2 aliphatic rings. The summed E-state index contributed by atoms with van der Waals surface area (Å²) in [5.74, 6) is 1.51. The van der Waals surface area contributed by atoms with Crippen molar-refractivity contribution in [1.82, 2.24) is 19.8 Å². The van der Waals surface area contributed by atoms with E-state index >= 15 is 0 Å². The highest BCUT2D eigenvalue weighted by Crippen LogP contribution is 2.29. The summed E-state index contributed by atoms with van der Waals surface area (Å²) in [5.41, 5.74) is 4.36. The Bertz CT molecular complexity index is 1540. The predicted molar refractivity (Wildman–Crippen MR) is 216 cm³/mol. The molecule has 5 rings (SSSR count). The van der Waals surface area contributed by atoms with E-state index in [1.807, 2.05) is 78.2 Å². The van der Waals surface area contributed by atoms with Gasteiger partial charge in [-0.3, -0.25) is 19.4 Å². The van der Waals surface area contributed by atoms with Crippen LogP contribution in [0, 0.1) is 10.8 Å². The number of anilines is 2. The van der Waals surface area contributed by atoms with Crippen LogP contribution < -0.4 is 9.80 Å². The van der Waals surface area contributed by atoms with Crippen molar-refractivity contribution in [2.45, 2.75) is 119 Å². The molecule has 1 aromatic carbocycles. The molecule has 2 fully saturated rings. The standard InChI is InChI=1S/C44H64N6O4/c1-9-47(37-19-23-49(29-37)41-35(13-11-21-45-41)31-53-39(51)25-43(3,4)5)27-33-15-17-34(18-16-33)28-48(10-2)38-20-24-50(30-38)42-36(14-12-22-46-42)32-54-40(52)26-44(6,7)8/h11-18,21-22,37-38H,9-10,19-20,23-32H2,1-8H3/t37-,38-/m1/s1. The fourth-order valence-electron chi connectivity index (χ4n) is 7.62. The highest BCUT2D eigenvalue weighted by molar-refractivity contribution is 5.70. The minimum Gasteiger partial charge on any atom is -0.461 e. The van der Waals surface area contributed by atoms with E-state index in [9.17, 15) is 9.59 Å². The maximum Gasteiger partial charge on any atom is 0.306 e. The van der Waals surface area contributed by atoms with Gasteiger partial charge in [0.15, 0.2) is 0 Å². The van der Waals surface area contributed by atoms with Gasteiger partial charge in [0, 0.05) is 74.9 Å². The largest absolute Gasteiger partial charge is 0.461 e. The second kappa shape index (κ2) is 18.5. The number of rotatable bonds is 16. The number of benzene rings is 1. The molecule has 2 atom stereocenters. The van der Waals surface area contributed by atoms with Crippen molar-refractivity contribution < 1.29 is 19.1 Å². The number of nitrogens with zero attached hydrogens (tertiary/aromatic N) is 6. The van der Waals surface area contributed by atoms with Gasteiger partial charge in [-0.1, -0.05) is 91.8 Å². The number of aromatic nitrogens is 2. The Hall–Kier alpha value is -4.02. The molecule has 0 aliphatic carbocycles. The van der Waals surface area contributed by atoms with E-state index < -0.39 is 0 Å². The molecule has 2 saturated heterocycles. The summed E-state index contributed by atoms with van der Waals surface area (Å²) < 4.78 is 11.3. The van der Waals surface area contributed by atoms with Gasteiger partial charge in [-0.2, -0.15) is 0 Å². The molecule has 2 aromatic heterocycles. The maximum absolute atomic E-state index is 12.4. The van der Waals surface area contributed by atoms with Crippen LogP contribution in [0.25, 0.3) is 0 Å². The van der Waals surface area contributed by atoms with Crippen molar-refractivity contribution in [3.63, 3.8) is 0 Å². The lowest BCUT2D eigenvalue weighted by Crippen LogP contribution is -2.37. The number of hydrogen-bond donors (Lipinski definition) is 0. The van der Waals surface area contributed by atoms with Crippen molar-refractivity contribution in [3.8, 4) is 0 Å². The van der Waals surface area contributed by atoms with Crippen molar-refractivity contribution >= 4 is 23.6 Å². The lowest BCUT2D eigenvalue weighted by molar-refractivity contribution is -0.148. The Kier molecular flexibility index (Phi) is 14.1. The molecule has 0 amide bonds. The second-order valence-electron chi connectivity index (χ2n) is 17.5. The van der Waals surface area contributed by atoms with E-state index in [1.165, 1.54) is 11.1 Å². The van der Waals surface area contributed by atoms with Crippen LogP contribution in [0.5, 0.6) is 0 Å². The first-order chi connectivity index (χ1) is 25.7. The van der Waals surface area contributed by atoms with Crippen LogP contribution in [-0.2, 0) is 45.4 Å². The molecule has 0 bridgehead atoms. The second-order valence-corrected chi connectivity index (χ2v) is 17.5. The molecule has 0 radical (unpaired) electrons. The van der Waals surface area contributed by atoms with Gasteiger partial charge < -0.3 is 19.3 Å². The molecular weight excluding hydrogens is 677 g/mol. The molecule has 4 heterocycles. The summed E-state index contributed by atoms with van der Waals surface area (Å²) >= 11 is 0. The molecule has 0 saturated carbocycles. The molecule has 10 heteroatoms. The van der Waals surface area contributed by atoms with Crippen LogP contribution in [0.4, 0.5) is 11.6 Å². The molecule has 2 aliphatic heterocycles. The van der Waals surface area contributed by atoms with Gasteiger partial charge in [0.05, 0.1) is 12.8 Å². The minimum atomic E-state index is -0.171. The zero-order chi connectivity index (χ0) is 38.9. The summed E-state index contributed by atoms with van der Waals surface area (Å²) in [6.45, 7) is 24.7. The summed E-state index contributed by atoms with van der Waals surface area (Å²) in [6.07, 6.45) is 6.58. The summed E-state index contributed by atoms with van der Waals surface area (Å²) in [5, 5.41) is 0. The Morgan fingerprint density at radius 1 is 0.667 bits per heavy atom. The molecule has 54 heavy (non-hydrogen) atoms. The van der Waals surface area contributed by atoms with Gasteiger partial charge in [0.2, 0.25) is 0 Å². The van der Waals surface area contributed by atoms with Crippen LogP contribution in [0.1, 0.15) is 103 Å². The summed E-state index contributed by atoms with van der Waals surface area (Å²) in [4.78, 5) is 44.1. The van der Waals surface area contributed by atoms with Crippen molar-refractivity contribution in [3.05, 3.63) is 83.2 Å². The highest BCUT2D eigenvalue weighted by atomic mass is 16.5. The average molecular weight is 741 g/mol. The zero-order valence-corrected chi connectivity index (χ0v) is 34.1. The molecule has 10 nitrogen and oxygen atoms in total. The van der Waals surface area contributed by atoms with E-state index in [4.69, 9.17) is 19.4 Å². The maximum atomic E-state index is 12.4. The smallest absolute Gasteiger partial charge is 0.306 e. The van der Waals surface area contributed by atoms with Gasteiger partial charge in [-0.15, -0.1) is 0 Å². The highest BCUT2D eigenvalue weighted by Gasteiger charge is 2.31. The van der Waals surface area contributed by atoms with Crippen LogP contribution >= 0.6 is 0 Å². The van der Waals surface area contributed by atoms with Crippen LogP contribution in [-0.4, -0.2) is 83.1 Å². The third kappa shape index (κ3) is 12.0. The van der Waals surface area contributed by atoms with E-state index in [-0.39, 0.29) is 36.0 Å². The third-order valence-corrected chi connectivity index (χ3v) is 10.4. The molecule has 294 valence electrons. The van der Waals surface area contributed by atoms with Gasteiger partial charge in [0.1, 0.15) is 24.8 Å². The Balaban J connectivity index is 1.13. The van der Waals surface area contributed by atoms with Gasteiger partial charge in [0.25, 0.3) is 0 Å². The van der Waals surface area contributed by atoms with Crippen LogP contribution in [0.3, 0.4) is 0 Å². The molecule has 0 spiro atoms. The first-order valence-corrected chi connectivity index (χ1v) is 20.0. The minimum absolute atomic E-state index is 0.103. The number of pyridine rings is 2. The normalized spacial score (nSPS) is 17.8. The summed E-state index contributed by atoms with van der Waals surface area (Å²) in [7, 11) is 0. The molecular formula is C44H64N6O4. The summed E-state index contributed by atoms with van der Waals surface area (Å²) in [6, 6.07) is 17.9. The van der Waals surface area contributed by atoms with Crippen molar-refractivity contribution in [2.24, 2.45) is 10.8 Å². The number of carbonyl (C=O) groups excluding carboxylic acids is 2. The molecule has 3 aromatic rings. The van der Waals surface area contributed by atoms with E-state index in [1.54, 1.807) is 0 Å². The van der Waals surface area contributed by atoms with E-state index in [2.05, 4.69) is 57.7 Å². The van der Waals surface area contributed by atoms with Crippen LogP contribution in [0.15, 0.2) is 60.9 Å². The first-order valence-electron chi connectivity index (χ1n) is 20.0. The topological polar surface area (TPSA) is 91.3 Å². The number of likely N-dealkylation sites (N-methyl/N-ethyl adjacent to an activating group) is 2. The number of carbonyl (C=O) groups is 2. The first kappa shape index (κ1) is 41.1. The van der Waals surface area contributed by atoms with Gasteiger partial charge in [-0.25, -0.2) is 9.97 Å². The van der Waals surface area contributed by atoms with Crippen molar-refractivity contribution in [1.29, 1.82) is 0 Å². The number of hydrogen-bond acceptors (Lipinski definition) is 10. The SMILES string of the molecule is CCN(Cc1ccc(CN(CC)[C@@H]2CCN(c3ncccc3COC(=O)CC(C)(C)C)C2)cc1)[C@@H]1CCN(c2ncccc2COC(=O)CC(C)(C)C)C1. The monoisotopic (exact) mass is 740 g/mol. The van der Waals surface area contributed by atoms with Crippen molar-refractivity contribution in [2.75, 3.05) is 49.1 Å². The van der Waals surface area contributed by atoms with E-state index in [0.29, 0.717) is 24.9 Å². The average Bonchev–Trinajstić information content (AvgIpc) is 3.82. The Morgan fingerprint density at radius 2 is 1.06 bits per heavy atom. The quantitative estimate of drug-likeness (QED) is 0.137. The number of esters is 2. The van der Waals surface area contributed by atoms with Gasteiger partial charge in [-0.05, 0) is 60.0 Å². The van der Waals surface area contributed by atoms with E-state index in [0.717, 1.165) is 88.0 Å². The lowest BCUT2D eigenvalue weighted by Gasteiger charge is -2.29. The molecule has 0 N–H and O–H groups in total. The zero-order valence-electron chi connectivity index (χ0n) is 34.1. The Labute approximate surface area is 324 Å². The number of ether oxygens (including phenoxy) is 2. The lowest BCUT2D eigenvalue weighted by atomic mass is 9.92. The van der Waals surface area contributed by atoms with Crippen LogP contribution in [0.2, 0.25) is 0 Å². The predicted octanol–water partition coefficient (Wildman–Crippen LogP) is 7.64. The Morgan fingerprint density at radius 3 is 1.41 bits per heavy atom. The third-order valence-electron chi connectivity index (χ3n) is 10.4. The fraction of sp³-hybridized carbons (Fsp3) is 0.591. The fourth-order valence-corrected chi connectivity index (χ4v) is 7.62. The molecule has 0 unspecified atom stereocenters. The van der Waals surface area contributed by atoms with Gasteiger partial charge >= 0.3 is 11.9 Å².